The molecule has 0 radical (unpaired) electrons. The van der Waals surface area contributed by atoms with E-state index in [0.717, 1.165) is 6.42 Å². The topological polar surface area (TPSA) is 78.4 Å². The van der Waals surface area contributed by atoms with Gasteiger partial charge in [0.1, 0.15) is 6.04 Å². The van der Waals surface area contributed by atoms with E-state index < -0.39 is 12.0 Å². The number of hydrogen-bond donors (Lipinski definition) is 3. The van der Waals surface area contributed by atoms with Crippen LogP contribution in [0.5, 0.6) is 0 Å². The monoisotopic (exact) mass is 300 g/mol. The molecule has 0 aliphatic rings. The molecule has 0 aliphatic heterocycles. The number of carbonyl (C=O) groups is 2. The summed E-state index contributed by atoms with van der Waals surface area (Å²) in [7, 11) is 1.58. The molecule has 0 aromatic heterocycles. The van der Waals surface area contributed by atoms with Gasteiger partial charge in [0, 0.05) is 13.0 Å². The molecular weight excluding hydrogens is 280 g/mol. The summed E-state index contributed by atoms with van der Waals surface area (Å²) < 4.78 is 0. The first-order valence-electron chi connectivity index (χ1n) is 6.34. The van der Waals surface area contributed by atoms with Crippen molar-refractivity contribution in [3.63, 3.8) is 0 Å². The molecule has 1 rings (SSSR count). The summed E-state index contributed by atoms with van der Waals surface area (Å²) in [6.07, 6.45) is 1.29. The van der Waals surface area contributed by atoms with E-state index in [2.05, 4.69) is 10.6 Å². The highest BCUT2D eigenvalue weighted by atomic mass is 35.5. The summed E-state index contributed by atoms with van der Waals surface area (Å²) in [5, 5.41) is 14.3. The van der Waals surface area contributed by atoms with Crippen LogP contribution in [0.3, 0.4) is 0 Å². The van der Waals surface area contributed by atoms with Crippen molar-refractivity contribution in [3.05, 3.63) is 35.9 Å². The normalized spacial score (nSPS) is 11.2. The molecule has 3 N–H and O–H groups in total. The zero-order valence-electron chi connectivity index (χ0n) is 11.5. The Morgan fingerprint density at radius 3 is 2.45 bits per heavy atom. The first-order chi connectivity index (χ1) is 9.13. The minimum Gasteiger partial charge on any atom is -0.480 e. The van der Waals surface area contributed by atoms with E-state index in [1.165, 1.54) is 5.56 Å². The van der Waals surface area contributed by atoms with Crippen LogP contribution in [0.4, 0.5) is 0 Å². The second-order valence-corrected chi connectivity index (χ2v) is 4.30. The summed E-state index contributed by atoms with van der Waals surface area (Å²) in [5.41, 5.74) is 1.17. The standard InChI is InChI=1S/C14H20N2O3.ClH/c1-15-12(14(18)19)7-8-13(17)16-10-9-11-5-3-2-4-6-11;/h2-6,12,15H,7-10H2,1H3,(H,16,17)(H,18,19);1H/t12-;/m0./s1. The fourth-order valence-corrected chi connectivity index (χ4v) is 1.75. The molecule has 5 nitrogen and oxygen atoms in total. The number of likely N-dealkylation sites (N-methyl/N-ethyl adjacent to an activating group) is 1. The van der Waals surface area contributed by atoms with Crippen molar-refractivity contribution in [1.29, 1.82) is 0 Å². The van der Waals surface area contributed by atoms with Gasteiger partial charge in [0.15, 0.2) is 0 Å². The van der Waals surface area contributed by atoms with E-state index in [1.807, 2.05) is 30.3 Å². The maximum Gasteiger partial charge on any atom is 0.320 e. The van der Waals surface area contributed by atoms with Gasteiger partial charge < -0.3 is 15.7 Å². The summed E-state index contributed by atoms with van der Waals surface area (Å²) in [6.45, 7) is 0.570. The van der Waals surface area contributed by atoms with Crippen LogP contribution in [0.1, 0.15) is 18.4 Å². The molecule has 1 amide bonds. The molecule has 0 heterocycles. The van der Waals surface area contributed by atoms with Crippen molar-refractivity contribution >= 4 is 24.3 Å². The lowest BCUT2D eigenvalue weighted by atomic mass is 10.1. The van der Waals surface area contributed by atoms with Crippen LogP contribution >= 0.6 is 12.4 Å². The number of hydrogen-bond acceptors (Lipinski definition) is 3. The zero-order chi connectivity index (χ0) is 14.1. The molecular formula is C14H21ClN2O3. The number of nitrogens with one attached hydrogen (secondary N) is 2. The van der Waals surface area contributed by atoms with Gasteiger partial charge in [0.2, 0.25) is 5.91 Å². The number of carbonyl (C=O) groups excluding carboxylic acids is 1. The van der Waals surface area contributed by atoms with Gasteiger partial charge in [-0.1, -0.05) is 30.3 Å². The van der Waals surface area contributed by atoms with Gasteiger partial charge in [0.25, 0.3) is 0 Å². The lowest BCUT2D eigenvalue weighted by molar-refractivity contribution is -0.139. The number of amides is 1. The number of carboxylic acid groups (broad SMARTS) is 1. The molecule has 0 unspecified atom stereocenters. The highest BCUT2D eigenvalue weighted by Gasteiger charge is 2.15. The molecule has 1 atom stereocenters. The maximum absolute atomic E-state index is 11.5. The average Bonchev–Trinajstić information content (AvgIpc) is 2.40. The van der Waals surface area contributed by atoms with E-state index in [4.69, 9.17) is 5.11 Å². The van der Waals surface area contributed by atoms with Crippen LogP contribution in [0.2, 0.25) is 0 Å². The summed E-state index contributed by atoms with van der Waals surface area (Å²) in [5.74, 6) is -1.04. The van der Waals surface area contributed by atoms with Gasteiger partial charge in [-0.2, -0.15) is 0 Å². The second kappa shape index (κ2) is 10.2. The van der Waals surface area contributed by atoms with Crippen molar-refractivity contribution in [2.45, 2.75) is 25.3 Å². The molecule has 0 spiro atoms. The highest BCUT2D eigenvalue weighted by molar-refractivity contribution is 5.85. The Kier molecular flexibility index (Phi) is 9.41. The predicted octanol–water partition coefficient (Wildman–Crippen LogP) is 1.22. The van der Waals surface area contributed by atoms with E-state index in [1.54, 1.807) is 7.05 Å². The van der Waals surface area contributed by atoms with Gasteiger partial charge in [-0.05, 0) is 25.5 Å². The van der Waals surface area contributed by atoms with Crippen molar-refractivity contribution in [1.82, 2.24) is 10.6 Å². The van der Waals surface area contributed by atoms with Gasteiger partial charge in [-0.3, -0.25) is 9.59 Å². The molecule has 1 aromatic rings. The van der Waals surface area contributed by atoms with Gasteiger partial charge in [-0.25, -0.2) is 0 Å². The third-order valence-corrected chi connectivity index (χ3v) is 2.89. The van der Waals surface area contributed by atoms with Crippen LogP contribution in [0, 0.1) is 0 Å². The summed E-state index contributed by atoms with van der Waals surface area (Å²) in [4.78, 5) is 22.3. The lowest BCUT2D eigenvalue weighted by Gasteiger charge is -2.10. The van der Waals surface area contributed by atoms with Gasteiger partial charge in [-0.15, -0.1) is 12.4 Å². The Balaban J connectivity index is 0.00000361. The van der Waals surface area contributed by atoms with Crippen LogP contribution in [-0.4, -0.2) is 36.6 Å². The molecule has 1 aromatic carbocycles. The zero-order valence-corrected chi connectivity index (χ0v) is 12.3. The Labute approximate surface area is 125 Å². The minimum atomic E-state index is -0.931. The van der Waals surface area contributed by atoms with E-state index >= 15 is 0 Å². The van der Waals surface area contributed by atoms with Crippen LogP contribution in [0.25, 0.3) is 0 Å². The SMILES string of the molecule is CN[C@@H](CCC(=O)NCCc1ccccc1)C(=O)O.Cl. The van der Waals surface area contributed by atoms with E-state index in [0.29, 0.717) is 13.0 Å². The third-order valence-electron chi connectivity index (χ3n) is 2.89. The molecule has 20 heavy (non-hydrogen) atoms. The van der Waals surface area contributed by atoms with Gasteiger partial charge in [0.05, 0.1) is 0 Å². The fourth-order valence-electron chi connectivity index (χ4n) is 1.75. The number of benzene rings is 1. The molecule has 112 valence electrons. The van der Waals surface area contributed by atoms with E-state index in [9.17, 15) is 9.59 Å². The second-order valence-electron chi connectivity index (χ2n) is 4.30. The molecule has 0 aliphatic carbocycles. The molecule has 0 fully saturated rings. The molecule has 0 saturated heterocycles. The fraction of sp³-hybridized carbons (Fsp3) is 0.429. The first-order valence-corrected chi connectivity index (χ1v) is 6.34. The van der Waals surface area contributed by atoms with Gasteiger partial charge >= 0.3 is 5.97 Å². The number of rotatable bonds is 8. The predicted molar refractivity (Wildman–Crippen MR) is 80.1 cm³/mol. The Morgan fingerprint density at radius 2 is 1.90 bits per heavy atom. The van der Waals surface area contributed by atoms with Crippen molar-refractivity contribution in [2.75, 3.05) is 13.6 Å². The smallest absolute Gasteiger partial charge is 0.320 e. The number of aliphatic carboxylic acids is 1. The quantitative estimate of drug-likeness (QED) is 0.674. The molecule has 6 heteroatoms. The Morgan fingerprint density at radius 1 is 1.25 bits per heavy atom. The lowest BCUT2D eigenvalue weighted by Crippen LogP contribution is -2.35. The maximum atomic E-state index is 11.5. The summed E-state index contributed by atoms with van der Waals surface area (Å²) in [6, 6.07) is 9.22. The van der Waals surface area contributed by atoms with E-state index in [-0.39, 0.29) is 24.7 Å². The average molecular weight is 301 g/mol. The molecule has 0 saturated carbocycles. The van der Waals surface area contributed by atoms with Crippen molar-refractivity contribution in [3.8, 4) is 0 Å². The summed E-state index contributed by atoms with van der Waals surface area (Å²) >= 11 is 0. The first kappa shape index (κ1) is 18.4. The van der Waals surface area contributed by atoms with Crippen LogP contribution in [0.15, 0.2) is 30.3 Å². The highest BCUT2D eigenvalue weighted by Crippen LogP contribution is 2.00. The Bertz CT molecular complexity index is 412. The van der Waals surface area contributed by atoms with Crippen molar-refractivity contribution in [2.24, 2.45) is 0 Å². The van der Waals surface area contributed by atoms with Crippen molar-refractivity contribution < 1.29 is 14.7 Å². The third kappa shape index (κ3) is 7.11. The Hall–Kier alpha value is -1.59. The number of carboxylic acids is 1. The number of halogens is 1. The molecule has 0 bridgehead atoms. The largest absolute Gasteiger partial charge is 0.480 e. The van der Waals surface area contributed by atoms with Crippen LogP contribution in [-0.2, 0) is 16.0 Å². The minimum absolute atomic E-state index is 0. The van der Waals surface area contributed by atoms with Crippen LogP contribution < -0.4 is 10.6 Å².